The third-order valence-corrected chi connectivity index (χ3v) is 2.48. The highest BCUT2D eigenvalue weighted by atomic mass is 35.5. The lowest BCUT2D eigenvalue weighted by atomic mass is 10.1. The molecule has 6 heteroatoms. The number of Topliss-reactive ketones (excluding diaryl/α,β-unsaturated/α-hetero) is 1. The minimum atomic E-state index is -0.754. The molecule has 82 valence electrons. The summed E-state index contributed by atoms with van der Waals surface area (Å²) in [7, 11) is 0. The number of carbonyl (C=O) groups is 3. The molecule has 2 rings (SSSR count). The van der Waals surface area contributed by atoms with Gasteiger partial charge in [-0.2, -0.15) is 0 Å². The van der Waals surface area contributed by atoms with Gasteiger partial charge in [-0.3, -0.25) is 19.3 Å². The Bertz CT molecular complexity index is 513. The molecule has 0 bridgehead atoms. The molecular formula is C10H7ClN2O3. The summed E-state index contributed by atoms with van der Waals surface area (Å²) in [6, 6.07) is 4.46. The monoisotopic (exact) mass is 238 g/mol. The fourth-order valence-corrected chi connectivity index (χ4v) is 1.76. The van der Waals surface area contributed by atoms with Crippen molar-refractivity contribution in [2.75, 3.05) is 11.4 Å². The minimum Gasteiger partial charge on any atom is -0.368 e. The van der Waals surface area contributed by atoms with Gasteiger partial charge < -0.3 is 5.73 Å². The van der Waals surface area contributed by atoms with Crippen molar-refractivity contribution in [3.05, 3.63) is 28.8 Å². The van der Waals surface area contributed by atoms with Crippen molar-refractivity contribution in [3.63, 3.8) is 0 Å². The van der Waals surface area contributed by atoms with Crippen molar-refractivity contribution in [1.82, 2.24) is 0 Å². The average molecular weight is 239 g/mol. The van der Waals surface area contributed by atoms with E-state index in [2.05, 4.69) is 0 Å². The van der Waals surface area contributed by atoms with Gasteiger partial charge in [0.15, 0.2) is 0 Å². The van der Waals surface area contributed by atoms with Crippen LogP contribution in [0.25, 0.3) is 0 Å². The lowest BCUT2D eigenvalue weighted by Gasteiger charge is -2.13. The summed E-state index contributed by atoms with van der Waals surface area (Å²) in [5.41, 5.74) is 5.58. The Balaban J connectivity index is 2.50. The van der Waals surface area contributed by atoms with Crippen LogP contribution in [0.15, 0.2) is 18.2 Å². The maximum Gasteiger partial charge on any atom is 0.299 e. The van der Waals surface area contributed by atoms with E-state index in [4.69, 9.17) is 17.3 Å². The summed E-state index contributed by atoms with van der Waals surface area (Å²) in [5.74, 6) is -2.10. The zero-order valence-electron chi connectivity index (χ0n) is 8.07. The molecular weight excluding hydrogens is 232 g/mol. The fraction of sp³-hybridized carbons (Fsp3) is 0.100. The quantitative estimate of drug-likeness (QED) is 0.755. The number of benzene rings is 1. The number of primary amides is 1. The summed E-state index contributed by atoms with van der Waals surface area (Å²) in [6.07, 6.45) is 0. The standard InChI is InChI=1S/C10H7ClN2O3/c11-5-1-2-7-6(3-5)9(15)10(16)13(7)4-8(12)14/h1-3H,4H2,(H2,12,14). The smallest absolute Gasteiger partial charge is 0.299 e. The second kappa shape index (κ2) is 3.61. The van der Waals surface area contributed by atoms with E-state index in [1.165, 1.54) is 12.1 Å². The van der Waals surface area contributed by atoms with E-state index in [1.54, 1.807) is 6.07 Å². The fourth-order valence-electron chi connectivity index (χ4n) is 1.59. The first-order valence-corrected chi connectivity index (χ1v) is 4.82. The van der Waals surface area contributed by atoms with Gasteiger partial charge in [-0.1, -0.05) is 11.6 Å². The van der Waals surface area contributed by atoms with Crippen LogP contribution >= 0.6 is 11.6 Å². The van der Waals surface area contributed by atoms with E-state index < -0.39 is 17.6 Å². The molecule has 0 unspecified atom stereocenters. The molecule has 16 heavy (non-hydrogen) atoms. The number of fused-ring (bicyclic) bond motifs is 1. The molecule has 1 aliphatic rings. The number of nitrogens with two attached hydrogens (primary N) is 1. The maximum absolute atomic E-state index is 11.5. The average Bonchev–Trinajstić information content (AvgIpc) is 2.43. The predicted molar refractivity (Wildman–Crippen MR) is 57.3 cm³/mol. The number of amides is 2. The largest absolute Gasteiger partial charge is 0.368 e. The molecule has 2 amide bonds. The zero-order chi connectivity index (χ0) is 11.9. The molecule has 1 aliphatic heterocycles. The topological polar surface area (TPSA) is 80.5 Å². The molecule has 1 aromatic rings. The van der Waals surface area contributed by atoms with Crippen LogP contribution in [0.1, 0.15) is 10.4 Å². The highest BCUT2D eigenvalue weighted by molar-refractivity contribution is 6.53. The Kier molecular flexibility index (Phi) is 2.40. The van der Waals surface area contributed by atoms with E-state index in [9.17, 15) is 14.4 Å². The molecule has 1 aromatic carbocycles. The number of anilines is 1. The maximum atomic E-state index is 11.5. The first-order chi connectivity index (χ1) is 7.50. The highest BCUT2D eigenvalue weighted by Crippen LogP contribution is 2.30. The van der Waals surface area contributed by atoms with E-state index in [1.807, 2.05) is 0 Å². The van der Waals surface area contributed by atoms with Crippen LogP contribution in [0.5, 0.6) is 0 Å². The van der Waals surface area contributed by atoms with Crippen molar-refractivity contribution < 1.29 is 14.4 Å². The van der Waals surface area contributed by atoms with E-state index in [0.29, 0.717) is 10.7 Å². The van der Waals surface area contributed by atoms with Crippen molar-refractivity contribution >= 4 is 34.9 Å². The highest BCUT2D eigenvalue weighted by Gasteiger charge is 2.36. The molecule has 0 fully saturated rings. The van der Waals surface area contributed by atoms with Gasteiger partial charge in [-0.05, 0) is 18.2 Å². The lowest BCUT2D eigenvalue weighted by molar-refractivity contribution is -0.119. The summed E-state index contributed by atoms with van der Waals surface area (Å²) < 4.78 is 0. The molecule has 0 aromatic heterocycles. The van der Waals surface area contributed by atoms with Crippen molar-refractivity contribution in [2.24, 2.45) is 5.73 Å². The molecule has 0 saturated carbocycles. The number of carbonyl (C=O) groups excluding carboxylic acids is 3. The van der Waals surface area contributed by atoms with Crippen molar-refractivity contribution in [3.8, 4) is 0 Å². The second-order valence-corrected chi connectivity index (χ2v) is 3.78. The van der Waals surface area contributed by atoms with Gasteiger partial charge in [0, 0.05) is 5.02 Å². The van der Waals surface area contributed by atoms with Gasteiger partial charge in [0.2, 0.25) is 5.91 Å². The number of hydrogen-bond acceptors (Lipinski definition) is 3. The number of hydrogen-bond donors (Lipinski definition) is 1. The van der Waals surface area contributed by atoms with E-state index in [-0.39, 0.29) is 12.1 Å². The van der Waals surface area contributed by atoms with Gasteiger partial charge in [-0.15, -0.1) is 0 Å². The molecule has 1 heterocycles. The van der Waals surface area contributed by atoms with Crippen LogP contribution in [-0.2, 0) is 9.59 Å². The second-order valence-electron chi connectivity index (χ2n) is 3.35. The van der Waals surface area contributed by atoms with Crippen LogP contribution in [-0.4, -0.2) is 24.1 Å². The predicted octanol–water partition coefficient (Wildman–Crippen LogP) is 0.355. The van der Waals surface area contributed by atoms with Gasteiger partial charge >= 0.3 is 0 Å². The van der Waals surface area contributed by atoms with Gasteiger partial charge in [-0.25, -0.2) is 0 Å². The molecule has 0 radical (unpaired) electrons. The Morgan fingerprint density at radius 2 is 2.06 bits per heavy atom. The van der Waals surface area contributed by atoms with Crippen LogP contribution in [0.3, 0.4) is 0 Å². The molecule has 0 saturated heterocycles. The van der Waals surface area contributed by atoms with Gasteiger partial charge in [0.25, 0.3) is 11.7 Å². The normalized spacial score (nSPS) is 14.2. The van der Waals surface area contributed by atoms with E-state index in [0.717, 1.165) is 4.90 Å². The van der Waals surface area contributed by atoms with Gasteiger partial charge in [0.1, 0.15) is 6.54 Å². The Labute approximate surface area is 95.8 Å². The van der Waals surface area contributed by atoms with E-state index >= 15 is 0 Å². The molecule has 0 spiro atoms. The van der Waals surface area contributed by atoms with Crippen LogP contribution in [0.2, 0.25) is 5.02 Å². The van der Waals surface area contributed by atoms with Crippen molar-refractivity contribution in [1.29, 1.82) is 0 Å². The number of rotatable bonds is 2. The lowest BCUT2D eigenvalue weighted by Crippen LogP contribution is -2.37. The summed E-state index contributed by atoms with van der Waals surface area (Å²) >= 11 is 5.72. The molecule has 5 nitrogen and oxygen atoms in total. The Morgan fingerprint density at radius 3 is 2.69 bits per heavy atom. The minimum absolute atomic E-state index is 0.207. The summed E-state index contributed by atoms with van der Waals surface area (Å²) in [4.78, 5) is 34.9. The van der Waals surface area contributed by atoms with Crippen molar-refractivity contribution in [2.45, 2.75) is 0 Å². The summed E-state index contributed by atoms with van der Waals surface area (Å²) in [5, 5.41) is 0.362. The number of ketones is 1. The van der Waals surface area contributed by atoms with Crippen LogP contribution in [0.4, 0.5) is 5.69 Å². The first-order valence-electron chi connectivity index (χ1n) is 4.45. The Hall–Kier alpha value is -1.88. The summed E-state index contributed by atoms with van der Waals surface area (Å²) in [6.45, 7) is -0.306. The van der Waals surface area contributed by atoms with Gasteiger partial charge in [0.05, 0.1) is 11.3 Å². The molecule has 0 aliphatic carbocycles. The molecule has 0 atom stereocenters. The molecule has 2 N–H and O–H groups in total. The van der Waals surface area contributed by atoms with Crippen LogP contribution < -0.4 is 10.6 Å². The Morgan fingerprint density at radius 1 is 1.38 bits per heavy atom. The number of halogens is 1. The number of nitrogens with zero attached hydrogens (tertiary/aromatic N) is 1. The SMILES string of the molecule is NC(=O)CN1C(=O)C(=O)c2cc(Cl)ccc21. The first kappa shape index (κ1) is 10.6. The van der Waals surface area contributed by atoms with Crippen LogP contribution in [0, 0.1) is 0 Å². The third-order valence-electron chi connectivity index (χ3n) is 2.25. The zero-order valence-corrected chi connectivity index (χ0v) is 8.82. The third kappa shape index (κ3) is 1.55.